The molecule has 1 N–H and O–H groups in total. The lowest BCUT2D eigenvalue weighted by Gasteiger charge is -2.28. The second-order valence-corrected chi connectivity index (χ2v) is 8.02. The maximum atomic E-state index is 12.2. The van der Waals surface area contributed by atoms with Gasteiger partial charge in [-0.15, -0.1) is 0 Å². The Hall–Kier alpha value is -0.770. The van der Waals surface area contributed by atoms with Crippen LogP contribution in [0.2, 0.25) is 0 Å². The first-order chi connectivity index (χ1) is 10.8. The summed E-state index contributed by atoms with van der Waals surface area (Å²) in [5.74, 6) is 1.34. The Morgan fingerprint density at radius 2 is 2.04 bits per heavy atom. The Labute approximate surface area is 143 Å². The molecule has 0 aromatic rings. The Kier molecular flexibility index (Phi) is 8.38. The van der Waals surface area contributed by atoms with Crippen molar-refractivity contribution in [2.24, 2.45) is 11.8 Å². The van der Waals surface area contributed by atoms with E-state index in [-0.39, 0.29) is 6.09 Å². The standard InChI is InChI=1S/C19H38N2O2/c1-7-9-10-15(8-2)13-17(20-6)16-11-12-21(14-16)18(22)23-19(3,4)5/h15-17,20H,7-14H2,1-6H3. The molecule has 0 spiro atoms. The van der Waals surface area contributed by atoms with Crippen LogP contribution < -0.4 is 5.32 Å². The summed E-state index contributed by atoms with van der Waals surface area (Å²) < 4.78 is 5.51. The fourth-order valence-corrected chi connectivity index (χ4v) is 3.49. The Morgan fingerprint density at radius 3 is 2.57 bits per heavy atom. The van der Waals surface area contributed by atoms with Crippen LogP contribution in [-0.4, -0.2) is 42.8 Å². The van der Waals surface area contributed by atoms with Gasteiger partial charge in [0, 0.05) is 19.1 Å². The Morgan fingerprint density at radius 1 is 1.35 bits per heavy atom. The van der Waals surface area contributed by atoms with Crippen LogP contribution >= 0.6 is 0 Å². The van der Waals surface area contributed by atoms with Crippen LogP contribution in [0.15, 0.2) is 0 Å². The van der Waals surface area contributed by atoms with E-state index < -0.39 is 5.60 Å². The summed E-state index contributed by atoms with van der Waals surface area (Å²) in [6, 6.07) is 0.504. The predicted molar refractivity (Wildman–Crippen MR) is 96.7 cm³/mol. The van der Waals surface area contributed by atoms with Gasteiger partial charge in [0.2, 0.25) is 0 Å². The number of ether oxygens (including phenoxy) is 1. The molecule has 0 radical (unpaired) electrons. The minimum absolute atomic E-state index is 0.159. The molecule has 0 bridgehead atoms. The molecule has 1 heterocycles. The highest BCUT2D eigenvalue weighted by Crippen LogP contribution is 2.28. The van der Waals surface area contributed by atoms with Crippen molar-refractivity contribution in [3.8, 4) is 0 Å². The number of hydrogen-bond acceptors (Lipinski definition) is 3. The van der Waals surface area contributed by atoms with E-state index in [4.69, 9.17) is 4.74 Å². The van der Waals surface area contributed by atoms with Crippen LogP contribution in [-0.2, 0) is 4.74 Å². The van der Waals surface area contributed by atoms with E-state index in [1.807, 2.05) is 25.7 Å². The Balaban J connectivity index is 2.52. The van der Waals surface area contributed by atoms with Gasteiger partial charge in [-0.2, -0.15) is 0 Å². The molecule has 1 fully saturated rings. The first-order valence-corrected chi connectivity index (χ1v) is 9.45. The summed E-state index contributed by atoms with van der Waals surface area (Å²) in [6.45, 7) is 12.0. The van der Waals surface area contributed by atoms with Crippen LogP contribution in [0.1, 0.15) is 73.1 Å². The van der Waals surface area contributed by atoms with Gasteiger partial charge in [-0.05, 0) is 52.5 Å². The molecule has 1 rings (SSSR count). The maximum Gasteiger partial charge on any atom is 0.410 e. The molecule has 1 amide bonds. The normalized spacial score (nSPS) is 21.3. The van der Waals surface area contributed by atoms with Crippen molar-refractivity contribution in [2.45, 2.75) is 84.8 Å². The highest BCUT2D eigenvalue weighted by molar-refractivity contribution is 5.68. The first-order valence-electron chi connectivity index (χ1n) is 9.45. The molecule has 23 heavy (non-hydrogen) atoms. The molecule has 0 aliphatic carbocycles. The molecular formula is C19H38N2O2. The van der Waals surface area contributed by atoms with Gasteiger partial charge in [0.05, 0.1) is 0 Å². The lowest BCUT2D eigenvalue weighted by Crippen LogP contribution is -2.39. The zero-order valence-electron chi connectivity index (χ0n) is 16.2. The van der Waals surface area contributed by atoms with Gasteiger partial charge in [0.25, 0.3) is 0 Å². The molecule has 0 aromatic carbocycles. The monoisotopic (exact) mass is 326 g/mol. The lowest BCUT2D eigenvalue weighted by atomic mass is 9.86. The molecule has 3 atom stereocenters. The van der Waals surface area contributed by atoms with Crippen molar-refractivity contribution in [3.05, 3.63) is 0 Å². The molecule has 1 aliphatic rings. The average Bonchev–Trinajstić information content (AvgIpc) is 2.96. The fraction of sp³-hybridized carbons (Fsp3) is 0.947. The summed E-state index contributed by atoms with van der Waals surface area (Å²) in [5.41, 5.74) is -0.412. The largest absolute Gasteiger partial charge is 0.444 e. The van der Waals surface area contributed by atoms with E-state index in [0.717, 1.165) is 25.4 Å². The molecular weight excluding hydrogens is 288 g/mol. The number of amides is 1. The fourth-order valence-electron chi connectivity index (χ4n) is 3.49. The smallest absolute Gasteiger partial charge is 0.410 e. The summed E-state index contributed by atoms with van der Waals surface area (Å²) in [7, 11) is 2.06. The molecule has 3 unspecified atom stereocenters. The van der Waals surface area contributed by atoms with E-state index in [0.29, 0.717) is 12.0 Å². The van der Waals surface area contributed by atoms with Crippen LogP contribution in [0.25, 0.3) is 0 Å². The van der Waals surface area contributed by atoms with Gasteiger partial charge < -0.3 is 15.0 Å². The minimum atomic E-state index is -0.412. The second kappa shape index (κ2) is 9.51. The third kappa shape index (κ3) is 7.11. The number of likely N-dealkylation sites (tertiary alicyclic amines) is 1. The van der Waals surface area contributed by atoms with Crippen molar-refractivity contribution in [3.63, 3.8) is 0 Å². The van der Waals surface area contributed by atoms with E-state index in [1.54, 1.807) is 0 Å². The van der Waals surface area contributed by atoms with E-state index in [2.05, 4.69) is 26.2 Å². The molecule has 136 valence electrons. The summed E-state index contributed by atoms with van der Waals surface area (Å²) in [5, 5.41) is 3.51. The van der Waals surface area contributed by atoms with Gasteiger partial charge in [-0.25, -0.2) is 4.79 Å². The van der Waals surface area contributed by atoms with E-state index >= 15 is 0 Å². The average molecular weight is 327 g/mol. The van der Waals surface area contributed by atoms with E-state index in [9.17, 15) is 4.79 Å². The van der Waals surface area contributed by atoms with Gasteiger partial charge in [-0.1, -0.05) is 39.5 Å². The number of rotatable bonds is 8. The van der Waals surface area contributed by atoms with Gasteiger partial charge in [0.15, 0.2) is 0 Å². The molecule has 4 heteroatoms. The van der Waals surface area contributed by atoms with Crippen LogP contribution in [0.4, 0.5) is 4.79 Å². The molecule has 1 aliphatic heterocycles. The van der Waals surface area contributed by atoms with Crippen LogP contribution in [0.3, 0.4) is 0 Å². The minimum Gasteiger partial charge on any atom is -0.444 e. The van der Waals surface area contributed by atoms with Crippen molar-refractivity contribution in [1.82, 2.24) is 10.2 Å². The van der Waals surface area contributed by atoms with Crippen molar-refractivity contribution < 1.29 is 9.53 Å². The third-order valence-corrected chi connectivity index (χ3v) is 4.95. The number of hydrogen-bond donors (Lipinski definition) is 1. The van der Waals surface area contributed by atoms with Crippen LogP contribution in [0.5, 0.6) is 0 Å². The zero-order valence-corrected chi connectivity index (χ0v) is 16.2. The third-order valence-electron chi connectivity index (χ3n) is 4.95. The summed E-state index contributed by atoms with van der Waals surface area (Å²) in [6.07, 6.45) is 7.32. The highest BCUT2D eigenvalue weighted by atomic mass is 16.6. The summed E-state index contributed by atoms with van der Waals surface area (Å²) >= 11 is 0. The predicted octanol–water partition coefficient (Wildman–Crippen LogP) is 4.44. The molecule has 1 saturated heterocycles. The molecule has 0 aromatic heterocycles. The number of carbonyl (C=O) groups is 1. The topological polar surface area (TPSA) is 41.6 Å². The number of nitrogens with zero attached hydrogens (tertiary/aromatic N) is 1. The van der Waals surface area contributed by atoms with Crippen molar-refractivity contribution >= 4 is 6.09 Å². The first kappa shape index (κ1) is 20.3. The molecule has 4 nitrogen and oxygen atoms in total. The number of nitrogens with one attached hydrogen (secondary N) is 1. The number of unbranched alkanes of at least 4 members (excludes halogenated alkanes) is 1. The van der Waals surface area contributed by atoms with E-state index in [1.165, 1.54) is 32.1 Å². The van der Waals surface area contributed by atoms with Gasteiger partial charge >= 0.3 is 6.09 Å². The second-order valence-electron chi connectivity index (χ2n) is 8.02. The quantitative estimate of drug-likeness (QED) is 0.717. The maximum absolute atomic E-state index is 12.2. The van der Waals surface area contributed by atoms with Crippen molar-refractivity contribution in [2.75, 3.05) is 20.1 Å². The Bertz CT molecular complexity index is 352. The molecule has 0 saturated carbocycles. The summed E-state index contributed by atoms with van der Waals surface area (Å²) in [4.78, 5) is 14.1. The van der Waals surface area contributed by atoms with Gasteiger partial charge in [-0.3, -0.25) is 0 Å². The van der Waals surface area contributed by atoms with Crippen LogP contribution in [0, 0.1) is 11.8 Å². The zero-order chi connectivity index (χ0) is 17.5. The SMILES string of the molecule is CCCCC(CC)CC(NC)C1CCN(C(=O)OC(C)(C)C)C1. The van der Waals surface area contributed by atoms with Gasteiger partial charge in [0.1, 0.15) is 5.60 Å². The van der Waals surface area contributed by atoms with Crippen molar-refractivity contribution in [1.29, 1.82) is 0 Å². The lowest BCUT2D eigenvalue weighted by molar-refractivity contribution is 0.0285. The highest BCUT2D eigenvalue weighted by Gasteiger charge is 2.34. The number of carbonyl (C=O) groups excluding carboxylic acids is 1.